The Labute approximate surface area is 153 Å². The van der Waals surface area contributed by atoms with Gasteiger partial charge in [-0.2, -0.15) is 0 Å². The fraction of sp³-hybridized carbons (Fsp3) is 0.474. The fourth-order valence-corrected chi connectivity index (χ4v) is 3.34. The van der Waals surface area contributed by atoms with Gasteiger partial charge in [-0.25, -0.2) is 4.98 Å². The van der Waals surface area contributed by atoms with Gasteiger partial charge in [-0.15, -0.1) is 0 Å². The van der Waals surface area contributed by atoms with E-state index in [9.17, 15) is 9.59 Å². The molecule has 0 aromatic carbocycles. The normalized spacial score (nSPS) is 17.2. The van der Waals surface area contributed by atoms with E-state index >= 15 is 0 Å². The Hall–Kier alpha value is -2.70. The highest BCUT2D eigenvalue weighted by molar-refractivity contribution is 5.94. The molecule has 2 aromatic rings. The number of hydrogen-bond donors (Lipinski definition) is 0. The third-order valence-corrected chi connectivity index (χ3v) is 4.93. The van der Waals surface area contributed by atoms with Gasteiger partial charge in [0.25, 0.3) is 11.8 Å². The number of aromatic nitrogens is 2. The molecule has 3 heterocycles. The van der Waals surface area contributed by atoms with Crippen molar-refractivity contribution in [1.82, 2.24) is 19.8 Å². The van der Waals surface area contributed by atoms with Crippen LogP contribution in [0.2, 0.25) is 0 Å². The molecule has 3 rings (SSSR count). The Morgan fingerprint density at radius 2 is 2.15 bits per heavy atom. The number of piperidine rings is 1. The highest BCUT2D eigenvalue weighted by atomic mass is 16.3. The Bertz CT molecular complexity index is 802. The first kappa shape index (κ1) is 18.1. The first-order valence-electron chi connectivity index (χ1n) is 8.93. The predicted molar refractivity (Wildman–Crippen MR) is 95.9 cm³/mol. The molecule has 2 aromatic heterocycles. The first-order valence-corrected chi connectivity index (χ1v) is 8.93. The zero-order chi connectivity index (χ0) is 18.7. The van der Waals surface area contributed by atoms with Crippen molar-refractivity contribution in [2.45, 2.75) is 39.2 Å². The Kier molecular flexibility index (Phi) is 5.35. The number of hydrogen-bond acceptors (Lipinski definition) is 5. The molecule has 0 radical (unpaired) electrons. The summed E-state index contributed by atoms with van der Waals surface area (Å²) in [4.78, 5) is 37.4. The van der Waals surface area contributed by atoms with Gasteiger partial charge in [0.05, 0.1) is 0 Å². The molecular formula is C19H24N4O3. The quantitative estimate of drug-likeness (QED) is 0.840. The Morgan fingerprint density at radius 3 is 2.88 bits per heavy atom. The maximum Gasteiger partial charge on any atom is 0.276 e. The second kappa shape index (κ2) is 7.68. The monoisotopic (exact) mass is 356 g/mol. The average molecular weight is 356 g/mol. The summed E-state index contributed by atoms with van der Waals surface area (Å²) in [5.74, 6) is 0.350. The highest BCUT2D eigenvalue weighted by Crippen LogP contribution is 2.20. The lowest BCUT2D eigenvalue weighted by Gasteiger charge is -2.37. The van der Waals surface area contributed by atoms with Crippen LogP contribution in [0.25, 0.3) is 0 Å². The van der Waals surface area contributed by atoms with Crippen molar-refractivity contribution in [2.24, 2.45) is 0 Å². The van der Waals surface area contributed by atoms with Crippen LogP contribution in [0.3, 0.4) is 0 Å². The fourth-order valence-electron chi connectivity index (χ4n) is 3.34. The summed E-state index contributed by atoms with van der Waals surface area (Å²) >= 11 is 0. The van der Waals surface area contributed by atoms with Crippen LogP contribution in [-0.2, 0) is 6.42 Å². The number of rotatable bonds is 4. The number of carbonyl (C=O) groups excluding carboxylic acids is 2. The van der Waals surface area contributed by atoms with Gasteiger partial charge < -0.3 is 14.2 Å². The van der Waals surface area contributed by atoms with Crippen LogP contribution in [0.4, 0.5) is 0 Å². The minimum absolute atomic E-state index is 0.0503. The van der Waals surface area contributed by atoms with Crippen molar-refractivity contribution >= 4 is 11.8 Å². The minimum Gasteiger partial charge on any atom is -0.448 e. The van der Waals surface area contributed by atoms with Crippen molar-refractivity contribution in [2.75, 3.05) is 20.1 Å². The maximum absolute atomic E-state index is 12.8. The van der Waals surface area contributed by atoms with Crippen LogP contribution in [-0.4, -0.2) is 57.8 Å². The molecule has 1 unspecified atom stereocenters. The summed E-state index contributed by atoms with van der Waals surface area (Å²) in [5.41, 5.74) is 1.70. The molecule has 1 saturated heterocycles. The van der Waals surface area contributed by atoms with E-state index in [4.69, 9.17) is 4.42 Å². The second-order valence-corrected chi connectivity index (χ2v) is 6.61. The predicted octanol–water partition coefficient (Wildman–Crippen LogP) is 2.32. The van der Waals surface area contributed by atoms with Gasteiger partial charge in [-0.1, -0.05) is 13.0 Å². The van der Waals surface area contributed by atoms with E-state index in [1.54, 1.807) is 23.0 Å². The van der Waals surface area contributed by atoms with Crippen molar-refractivity contribution in [3.8, 4) is 0 Å². The van der Waals surface area contributed by atoms with Gasteiger partial charge in [0.15, 0.2) is 12.1 Å². The smallest absolute Gasteiger partial charge is 0.276 e. The maximum atomic E-state index is 12.8. The number of likely N-dealkylation sites (N-methyl/N-ethyl adjacent to an activating group) is 1. The van der Waals surface area contributed by atoms with Crippen LogP contribution in [0.5, 0.6) is 0 Å². The largest absolute Gasteiger partial charge is 0.448 e. The number of nitrogens with zero attached hydrogens (tertiary/aromatic N) is 4. The van der Waals surface area contributed by atoms with E-state index in [0.29, 0.717) is 36.7 Å². The highest BCUT2D eigenvalue weighted by Gasteiger charge is 2.31. The zero-order valence-electron chi connectivity index (χ0n) is 15.4. The third-order valence-electron chi connectivity index (χ3n) is 4.93. The molecule has 1 fully saturated rings. The van der Waals surface area contributed by atoms with Gasteiger partial charge in [0, 0.05) is 38.8 Å². The summed E-state index contributed by atoms with van der Waals surface area (Å²) in [7, 11) is 1.76. The van der Waals surface area contributed by atoms with Crippen LogP contribution in [0.1, 0.15) is 52.1 Å². The van der Waals surface area contributed by atoms with Gasteiger partial charge in [0.1, 0.15) is 11.5 Å². The molecule has 0 aliphatic carbocycles. The van der Waals surface area contributed by atoms with Gasteiger partial charge in [-0.05, 0) is 31.4 Å². The SMILES string of the molecule is CCc1ocnc1C(=O)N(C)C1CCCN(C(=O)c2ncccc2C)C1. The molecular weight excluding hydrogens is 332 g/mol. The molecule has 138 valence electrons. The Balaban J connectivity index is 1.73. The summed E-state index contributed by atoms with van der Waals surface area (Å²) < 4.78 is 5.27. The summed E-state index contributed by atoms with van der Waals surface area (Å²) in [6.45, 7) is 4.98. The lowest BCUT2D eigenvalue weighted by atomic mass is 10.0. The minimum atomic E-state index is -0.163. The molecule has 26 heavy (non-hydrogen) atoms. The van der Waals surface area contributed by atoms with Crippen LogP contribution in [0.15, 0.2) is 29.1 Å². The number of carbonyl (C=O) groups is 2. The van der Waals surface area contributed by atoms with Crippen molar-refractivity contribution < 1.29 is 14.0 Å². The molecule has 7 heteroatoms. The standard InChI is InChI=1S/C19H24N4O3/c1-4-15-17(21-12-26-15)18(24)22(3)14-8-6-10-23(11-14)19(25)16-13(2)7-5-9-20-16/h5,7,9,12,14H,4,6,8,10-11H2,1-3H3. The topological polar surface area (TPSA) is 79.5 Å². The van der Waals surface area contributed by atoms with Crippen molar-refractivity contribution in [1.29, 1.82) is 0 Å². The molecule has 0 N–H and O–H groups in total. The summed E-state index contributed by atoms with van der Waals surface area (Å²) in [5, 5.41) is 0. The summed E-state index contributed by atoms with van der Waals surface area (Å²) in [6, 6.07) is 3.65. The van der Waals surface area contributed by atoms with Crippen LogP contribution in [0, 0.1) is 6.92 Å². The van der Waals surface area contributed by atoms with E-state index in [1.165, 1.54) is 6.39 Å². The van der Waals surface area contributed by atoms with E-state index < -0.39 is 0 Å². The molecule has 1 atom stereocenters. The molecule has 2 amide bonds. The van der Waals surface area contributed by atoms with Crippen LogP contribution >= 0.6 is 0 Å². The second-order valence-electron chi connectivity index (χ2n) is 6.61. The van der Waals surface area contributed by atoms with Gasteiger partial charge in [-0.3, -0.25) is 14.6 Å². The van der Waals surface area contributed by atoms with E-state index in [2.05, 4.69) is 9.97 Å². The van der Waals surface area contributed by atoms with E-state index in [-0.39, 0.29) is 17.9 Å². The van der Waals surface area contributed by atoms with Crippen molar-refractivity contribution in [3.05, 3.63) is 47.4 Å². The van der Waals surface area contributed by atoms with Gasteiger partial charge >= 0.3 is 0 Å². The average Bonchev–Trinajstić information content (AvgIpc) is 3.15. The number of pyridine rings is 1. The van der Waals surface area contributed by atoms with Crippen molar-refractivity contribution in [3.63, 3.8) is 0 Å². The first-order chi connectivity index (χ1) is 12.5. The Morgan fingerprint density at radius 1 is 1.35 bits per heavy atom. The molecule has 1 aliphatic rings. The summed E-state index contributed by atoms with van der Waals surface area (Å²) in [6.07, 6.45) is 5.25. The lowest BCUT2D eigenvalue weighted by Crippen LogP contribution is -2.50. The molecule has 0 bridgehead atoms. The number of likely N-dealkylation sites (tertiary alicyclic amines) is 1. The van der Waals surface area contributed by atoms with E-state index in [1.807, 2.05) is 26.0 Å². The molecule has 1 aliphatic heterocycles. The number of amides is 2. The molecule has 0 saturated carbocycles. The number of oxazole rings is 1. The third kappa shape index (κ3) is 3.47. The zero-order valence-corrected chi connectivity index (χ0v) is 15.4. The number of aryl methyl sites for hydroxylation is 2. The van der Waals surface area contributed by atoms with Gasteiger partial charge in [0.2, 0.25) is 0 Å². The van der Waals surface area contributed by atoms with E-state index in [0.717, 1.165) is 18.4 Å². The molecule has 0 spiro atoms. The molecule has 7 nitrogen and oxygen atoms in total. The lowest BCUT2D eigenvalue weighted by molar-refractivity contribution is 0.0513. The van der Waals surface area contributed by atoms with Crippen LogP contribution < -0.4 is 0 Å².